The zero-order valence-electron chi connectivity index (χ0n) is 10.6. The molecular weight excluding hydrogens is 244 g/mol. The lowest BCUT2D eigenvalue weighted by Gasteiger charge is -1.98. The highest BCUT2D eigenvalue weighted by molar-refractivity contribution is 7.99. The average molecular weight is 260 g/mol. The lowest BCUT2D eigenvalue weighted by atomic mass is 10.2. The standard InChI is InChI=1S/C13H16N4S/c1-3-10(4-2)6-5-7-18-13-11-12(15-8-14-11)16-9-17-13/h3,5-6,8-9H,4,7H2,1-2H3,(H,14,15,16,17)/b6-5+,10-3+. The van der Waals surface area contributed by atoms with Crippen molar-refractivity contribution in [3.05, 3.63) is 36.5 Å². The summed E-state index contributed by atoms with van der Waals surface area (Å²) in [4.78, 5) is 15.6. The van der Waals surface area contributed by atoms with Gasteiger partial charge >= 0.3 is 0 Å². The van der Waals surface area contributed by atoms with Gasteiger partial charge in [-0.05, 0) is 13.3 Å². The van der Waals surface area contributed by atoms with E-state index < -0.39 is 0 Å². The molecule has 0 radical (unpaired) electrons. The predicted octanol–water partition coefficient (Wildman–Crippen LogP) is 3.36. The van der Waals surface area contributed by atoms with E-state index in [0.717, 1.165) is 28.4 Å². The smallest absolute Gasteiger partial charge is 0.161 e. The van der Waals surface area contributed by atoms with Crippen LogP contribution in [0.2, 0.25) is 0 Å². The van der Waals surface area contributed by atoms with Gasteiger partial charge in [0.15, 0.2) is 5.65 Å². The van der Waals surface area contributed by atoms with Crippen molar-refractivity contribution in [3.8, 4) is 0 Å². The first-order chi connectivity index (χ1) is 8.85. The van der Waals surface area contributed by atoms with Crippen molar-refractivity contribution in [1.29, 1.82) is 0 Å². The second-order valence-corrected chi connectivity index (χ2v) is 4.72. The number of rotatable bonds is 5. The average Bonchev–Trinajstić information content (AvgIpc) is 2.88. The molecule has 5 heteroatoms. The third-order valence-electron chi connectivity index (χ3n) is 2.61. The highest BCUT2D eigenvalue weighted by Gasteiger charge is 2.04. The van der Waals surface area contributed by atoms with Crippen molar-refractivity contribution in [2.24, 2.45) is 0 Å². The second-order valence-electron chi connectivity index (χ2n) is 3.71. The van der Waals surface area contributed by atoms with Gasteiger partial charge in [-0.2, -0.15) is 0 Å². The van der Waals surface area contributed by atoms with E-state index in [4.69, 9.17) is 0 Å². The summed E-state index contributed by atoms with van der Waals surface area (Å²) < 4.78 is 0. The van der Waals surface area contributed by atoms with Gasteiger partial charge in [-0.15, -0.1) is 0 Å². The summed E-state index contributed by atoms with van der Waals surface area (Å²) in [6.45, 7) is 4.22. The Labute approximate surface area is 111 Å². The number of hydrogen-bond acceptors (Lipinski definition) is 4. The number of imidazole rings is 1. The van der Waals surface area contributed by atoms with Crippen LogP contribution in [0.1, 0.15) is 20.3 Å². The van der Waals surface area contributed by atoms with Crippen molar-refractivity contribution in [1.82, 2.24) is 19.9 Å². The Morgan fingerprint density at radius 3 is 3.06 bits per heavy atom. The van der Waals surface area contributed by atoms with Crippen LogP contribution in [0.5, 0.6) is 0 Å². The van der Waals surface area contributed by atoms with Gasteiger partial charge in [0.1, 0.15) is 16.9 Å². The van der Waals surface area contributed by atoms with Gasteiger partial charge in [0.25, 0.3) is 0 Å². The number of fused-ring (bicyclic) bond motifs is 1. The highest BCUT2D eigenvalue weighted by Crippen LogP contribution is 2.21. The number of nitrogens with one attached hydrogen (secondary N) is 1. The molecule has 1 N–H and O–H groups in total. The van der Waals surface area contributed by atoms with Crippen LogP contribution in [0.3, 0.4) is 0 Å². The fourth-order valence-electron chi connectivity index (χ4n) is 1.59. The Hall–Kier alpha value is -1.62. The van der Waals surface area contributed by atoms with Gasteiger partial charge < -0.3 is 4.98 Å². The van der Waals surface area contributed by atoms with E-state index in [1.54, 1.807) is 24.4 Å². The molecule has 0 spiro atoms. The normalized spacial score (nSPS) is 12.7. The largest absolute Gasteiger partial charge is 0.329 e. The van der Waals surface area contributed by atoms with E-state index >= 15 is 0 Å². The summed E-state index contributed by atoms with van der Waals surface area (Å²) in [5, 5.41) is 0.921. The number of nitrogens with zero attached hydrogens (tertiary/aromatic N) is 3. The Kier molecular flexibility index (Phi) is 4.52. The van der Waals surface area contributed by atoms with Crippen LogP contribution in [0, 0.1) is 0 Å². The Morgan fingerprint density at radius 2 is 2.28 bits per heavy atom. The molecule has 2 heterocycles. The SMILES string of the molecule is C/C=C(/C=C/CSc1ncnc2[nH]cnc12)CC. The van der Waals surface area contributed by atoms with E-state index in [0.29, 0.717) is 0 Å². The maximum atomic E-state index is 4.26. The molecule has 0 amide bonds. The molecule has 0 fully saturated rings. The van der Waals surface area contributed by atoms with E-state index in [1.807, 2.05) is 0 Å². The number of thioether (sulfide) groups is 1. The molecule has 0 saturated carbocycles. The van der Waals surface area contributed by atoms with E-state index in [-0.39, 0.29) is 0 Å². The van der Waals surface area contributed by atoms with Crippen LogP contribution in [0.4, 0.5) is 0 Å². The minimum Gasteiger partial charge on any atom is -0.329 e. The topological polar surface area (TPSA) is 54.5 Å². The van der Waals surface area contributed by atoms with Crippen LogP contribution < -0.4 is 0 Å². The summed E-state index contributed by atoms with van der Waals surface area (Å²) in [7, 11) is 0. The summed E-state index contributed by atoms with van der Waals surface area (Å²) in [5.41, 5.74) is 2.99. The summed E-state index contributed by atoms with van der Waals surface area (Å²) in [6.07, 6.45) is 10.7. The lowest BCUT2D eigenvalue weighted by molar-refractivity contribution is 1.09. The highest BCUT2D eigenvalue weighted by atomic mass is 32.2. The lowest BCUT2D eigenvalue weighted by Crippen LogP contribution is -1.86. The van der Waals surface area contributed by atoms with E-state index in [1.165, 1.54) is 5.57 Å². The summed E-state index contributed by atoms with van der Waals surface area (Å²) in [6, 6.07) is 0. The Bertz CT molecular complexity index is 571. The van der Waals surface area contributed by atoms with Gasteiger partial charge in [-0.25, -0.2) is 15.0 Å². The first kappa shape index (κ1) is 12.8. The number of allylic oxidation sites excluding steroid dienone is 3. The van der Waals surface area contributed by atoms with Crippen molar-refractivity contribution < 1.29 is 0 Å². The van der Waals surface area contributed by atoms with Crippen LogP contribution in [0.25, 0.3) is 11.2 Å². The molecule has 0 aliphatic rings. The maximum absolute atomic E-state index is 4.26. The van der Waals surface area contributed by atoms with Crippen molar-refractivity contribution in [3.63, 3.8) is 0 Å². The molecule has 0 aliphatic carbocycles. The van der Waals surface area contributed by atoms with Crippen molar-refractivity contribution in [2.45, 2.75) is 25.3 Å². The zero-order chi connectivity index (χ0) is 12.8. The summed E-state index contributed by atoms with van der Waals surface area (Å²) in [5.74, 6) is 0.885. The van der Waals surface area contributed by atoms with Gasteiger partial charge in [-0.1, -0.05) is 42.5 Å². The molecule has 4 nitrogen and oxygen atoms in total. The van der Waals surface area contributed by atoms with Crippen molar-refractivity contribution >= 4 is 22.9 Å². The first-order valence-electron chi connectivity index (χ1n) is 5.93. The maximum Gasteiger partial charge on any atom is 0.161 e. The minimum atomic E-state index is 0.791. The van der Waals surface area contributed by atoms with Crippen LogP contribution in [-0.4, -0.2) is 25.7 Å². The second kappa shape index (κ2) is 6.35. The molecule has 0 aliphatic heterocycles. The zero-order valence-corrected chi connectivity index (χ0v) is 11.4. The molecule has 0 aromatic carbocycles. The molecule has 2 aromatic rings. The van der Waals surface area contributed by atoms with E-state index in [9.17, 15) is 0 Å². The number of hydrogen-bond donors (Lipinski definition) is 1. The van der Waals surface area contributed by atoms with Gasteiger partial charge in [0.05, 0.1) is 6.33 Å². The Morgan fingerprint density at radius 1 is 1.39 bits per heavy atom. The fraction of sp³-hybridized carbons (Fsp3) is 0.308. The molecular formula is C13H16N4S. The molecule has 0 bridgehead atoms. The molecule has 0 unspecified atom stereocenters. The number of aromatic amines is 1. The van der Waals surface area contributed by atoms with E-state index in [2.05, 4.69) is 52.0 Å². The quantitative estimate of drug-likeness (QED) is 0.509. The number of aromatic nitrogens is 4. The minimum absolute atomic E-state index is 0.791. The molecule has 2 aromatic heterocycles. The van der Waals surface area contributed by atoms with Gasteiger partial charge in [0, 0.05) is 5.75 Å². The van der Waals surface area contributed by atoms with Gasteiger partial charge in [0.2, 0.25) is 0 Å². The predicted molar refractivity (Wildman–Crippen MR) is 75.6 cm³/mol. The third-order valence-corrected chi connectivity index (χ3v) is 3.54. The monoisotopic (exact) mass is 260 g/mol. The molecule has 18 heavy (non-hydrogen) atoms. The molecule has 0 saturated heterocycles. The fourth-order valence-corrected chi connectivity index (χ4v) is 2.35. The van der Waals surface area contributed by atoms with Crippen LogP contribution in [0.15, 0.2) is 41.5 Å². The van der Waals surface area contributed by atoms with Crippen LogP contribution >= 0.6 is 11.8 Å². The molecule has 2 rings (SSSR count). The summed E-state index contributed by atoms with van der Waals surface area (Å²) >= 11 is 1.67. The van der Waals surface area contributed by atoms with Crippen molar-refractivity contribution in [2.75, 3.05) is 5.75 Å². The Balaban J connectivity index is 2.00. The molecule has 94 valence electrons. The van der Waals surface area contributed by atoms with Gasteiger partial charge in [-0.3, -0.25) is 0 Å². The molecule has 0 atom stereocenters. The van der Waals surface area contributed by atoms with Crippen LogP contribution in [-0.2, 0) is 0 Å². The number of H-pyrrole nitrogens is 1. The third kappa shape index (κ3) is 2.98. The first-order valence-corrected chi connectivity index (χ1v) is 6.92.